The molecule has 0 aromatic heterocycles. The average Bonchev–Trinajstić information content (AvgIpc) is 2.91. The molecule has 1 aliphatic heterocycles. The molecule has 0 radical (unpaired) electrons. The summed E-state index contributed by atoms with van der Waals surface area (Å²) in [6.07, 6.45) is 7.83. The van der Waals surface area contributed by atoms with Crippen LogP contribution in [0.4, 0.5) is 0 Å². The molecule has 0 atom stereocenters. The number of ether oxygens (including phenoxy) is 1. The quantitative estimate of drug-likeness (QED) is 0.656. The Labute approximate surface area is 121 Å². The molecule has 0 spiro atoms. The third-order valence-corrected chi connectivity index (χ3v) is 3.87. The first-order chi connectivity index (χ1) is 9.34. The third kappa shape index (κ3) is 5.84. The SMILES string of the molecule is Clc1cccc(OCCCCCCN2CCCC2)c1. The van der Waals surface area contributed by atoms with Gasteiger partial charge in [-0.1, -0.05) is 30.5 Å². The first-order valence-corrected chi connectivity index (χ1v) is 7.83. The fraction of sp³-hybridized carbons (Fsp3) is 0.625. The van der Waals surface area contributed by atoms with E-state index in [0.29, 0.717) is 0 Å². The smallest absolute Gasteiger partial charge is 0.120 e. The van der Waals surface area contributed by atoms with Gasteiger partial charge in [-0.3, -0.25) is 0 Å². The van der Waals surface area contributed by atoms with Gasteiger partial charge < -0.3 is 9.64 Å². The van der Waals surface area contributed by atoms with E-state index in [9.17, 15) is 0 Å². The number of benzene rings is 1. The van der Waals surface area contributed by atoms with E-state index in [2.05, 4.69) is 4.90 Å². The second kappa shape index (κ2) is 8.44. The van der Waals surface area contributed by atoms with Crippen molar-refractivity contribution in [2.45, 2.75) is 38.5 Å². The fourth-order valence-corrected chi connectivity index (χ4v) is 2.72. The highest BCUT2D eigenvalue weighted by molar-refractivity contribution is 6.30. The second-order valence-corrected chi connectivity index (χ2v) is 5.71. The Morgan fingerprint density at radius 2 is 1.84 bits per heavy atom. The minimum atomic E-state index is 0.739. The van der Waals surface area contributed by atoms with Crippen LogP contribution in [0.15, 0.2) is 24.3 Å². The summed E-state index contributed by atoms with van der Waals surface area (Å²) in [5, 5.41) is 0.739. The third-order valence-electron chi connectivity index (χ3n) is 3.63. The van der Waals surface area contributed by atoms with E-state index in [0.717, 1.165) is 23.8 Å². The van der Waals surface area contributed by atoms with Gasteiger partial charge in [-0.2, -0.15) is 0 Å². The van der Waals surface area contributed by atoms with Crippen LogP contribution in [-0.4, -0.2) is 31.1 Å². The number of hydrogen-bond acceptors (Lipinski definition) is 2. The Morgan fingerprint density at radius 3 is 2.63 bits per heavy atom. The molecule has 1 aromatic rings. The standard InChI is InChI=1S/C16H24ClNO/c17-15-8-7-9-16(14-15)19-13-6-2-1-3-10-18-11-4-5-12-18/h7-9,14H,1-6,10-13H2. The van der Waals surface area contributed by atoms with E-state index in [1.165, 1.54) is 51.7 Å². The molecule has 2 rings (SSSR count). The van der Waals surface area contributed by atoms with E-state index in [4.69, 9.17) is 16.3 Å². The molecule has 3 heteroatoms. The summed E-state index contributed by atoms with van der Waals surface area (Å²) >= 11 is 5.90. The lowest BCUT2D eigenvalue weighted by Gasteiger charge is -2.13. The van der Waals surface area contributed by atoms with Crippen LogP contribution in [0.2, 0.25) is 5.02 Å². The number of rotatable bonds is 8. The van der Waals surface area contributed by atoms with Crippen LogP contribution in [-0.2, 0) is 0 Å². The van der Waals surface area contributed by atoms with Crippen LogP contribution < -0.4 is 4.74 Å². The second-order valence-electron chi connectivity index (χ2n) is 5.27. The zero-order chi connectivity index (χ0) is 13.3. The van der Waals surface area contributed by atoms with Gasteiger partial charge in [0, 0.05) is 5.02 Å². The molecule has 0 aliphatic carbocycles. The Kier molecular flexibility index (Phi) is 6.52. The van der Waals surface area contributed by atoms with Crippen LogP contribution in [0.1, 0.15) is 38.5 Å². The Balaban J connectivity index is 1.46. The maximum absolute atomic E-state index is 5.90. The van der Waals surface area contributed by atoms with Gasteiger partial charge >= 0.3 is 0 Å². The first kappa shape index (κ1) is 14.7. The zero-order valence-corrected chi connectivity index (χ0v) is 12.4. The van der Waals surface area contributed by atoms with Crippen LogP contribution in [0.5, 0.6) is 5.75 Å². The summed E-state index contributed by atoms with van der Waals surface area (Å²) < 4.78 is 5.67. The molecule has 1 heterocycles. The number of unbranched alkanes of at least 4 members (excludes halogenated alkanes) is 3. The van der Waals surface area contributed by atoms with Gasteiger partial charge in [0.15, 0.2) is 0 Å². The molecule has 1 saturated heterocycles. The maximum Gasteiger partial charge on any atom is 0.120 e. The van der Waals surface area contributed by atoms with Crippen molar-refractivity contribution >= 4 is 11.6 Å². The number of hydrogen-bond donors (Lipinski definition) is 0. The van der Waals surface area contributed by atoms with Crippen molar-refractivity contribution < 1.29 is 4.74 Å². The van der Waals surface area contributed by atoms with Crippen molar-refractivity contribution in [2.75, 3.05) is 26.2 Å². The minimum Gasteiger partial charge on any atom is -0.494 e. The van der Waals surface area contributed by atoms with Gasteiger partial charge in [0.05, 0.1) is 6.61 Å². The molecule has 0 unspecified atom stereocenters. The average molecular weight is 282 g/mol. The van der Waals surface area contributed by atoms with Gasteiger partial charge in [0.25, 0.3) is 0 Å². The summed E-state index contributed by atoms with van der Waals surface area (Å²) in [6, 6.07) is 7.62. The predicted octanol–water partition coefficient (Wildman–Crippen LogP) is 4.38. The van der Waals surface area contributed by atoms with Crippen molar-refractivity contribution in [3.8, 4) is 5.75 Å². The lowest BCUT2D eigenvalue weighted by molar-refractivity contribution is 0.297. The molecule has 0 amide bonds. The summed E-state index contributed by atoms with van der Waals surface area (Å²) in [5.74, 6) is 0.879. The van der Waals surface area contributed by atoms with Crippen molar-refractivity contribution in [2.24, 2.45) is 0 Å². The number of halogens is 1. The predicted molar refractivity (Wildman–Crippen MR) is 81.1 cm³/mol. The molecule has 1 aromatic carbocycles. The topological polar surface area (TPSA) is 12.5 Å². The molecular weight excluding hydrogens is 258 g/mol. The van der Waals surface area contributed by atoms with Crippen molar-refractivity contribution in [3.63, 3.8) is 0 Å². The molecule has 0 saturated carbocycles. The highest BCUT2D eigenvalue weighted by atomic mass is 35.5. The Morgan fingerprint density at radius 1 is 1.05 bits per heavy atom. The molecule has 1 fully saturated rings. The van der Waals surface area contributed by atoms with E-state index >= 15 is 0 Å². The lowest BCUT2D eigenvalue weighted by Crippen LogP contribution is -2.20. The monoisotopic (exact) mass is 281 g/mol. The molecule has 0 N–H and O–H groups in total. The Bertz CT molecular complexity index is 364. The normalized spacial score (nSPS) is 15.8. The van der Waals surface area contributed by atoms with Gasteiger partial charge in [-0.15, -0.1) is 0 Å². The summed E-state index contributed by atoms with van der Waals surface area (Å²) in [6.45, 7) is 4.72. The van der Waals surface area contributed by atoms with Crippen LogP contribution >= 0.6 is 11.6 Å². The van der Waals surface area contributed by atoms with E-state index < -0.39 is 0 Å². The largest absolute Gasteiger partial charge is 0.494 e. The van der Waals surface area contributed by atoms with Crippen LogP contribution in [0.3, 0.4) is 0 Å². The maximum atomic E-state index is 5.90. The van der Waals surface area contributed by atoms with Crippen LogP contribution in [0.25, 0.3) is 0 Å². The molecule has 2 nitrogen and oxygen atoms in total. The highest BCUT2D eigenvalue weighted by Gasteiger charge is 2.09. The Hall–Kier alpha value is -0.730. The highest BCUT2D eigenvalue weighted by Crippen LogP contribution is 2.17. The zero-order valence-electron chi connectivity index (χ0n) is 11.6. The summed E-state index contributed by atoms with van der Waals surface area (Å²) in [4.78, 5) is 2.59. The molecule has 19 heavy (non-hydrogen) atoms. The molecule has 106 valence electrons. The van der Waals surface area contributed by atoms with Crippen molar-refractivity contribution in [1.29, 1.82) is 0 Å². The van der Waals surface area contributed by atoms with E-state index in [-0.39, 0.29) is 0 Å². The van der Waals surface area contributed by atoms with E-state index in [1.54, 1.807) is 0 Å². The summed E-state index contributed by atoms with van der Waals surface area (Å²) in [5.41, 5.74) is 0. The van der Waals surface area contributed by atoms with Crippen LogP contribution in [0, 0.1) is 0 Å². The van der Waals surface area contributed by atoms with Gasteiger partial charge in [0.1, 0.15) is 5.75 Å². The minimum absolute atomic E-state index is 0.739. The lowest BCUT2D eigenvalue weighted by atomic mass is 10.2. The number of nitrogens with zero attached hydrogens (tertiary/aromatic N) is 1. The van der Waals surface area contributed by atoms with Gasteiger partial charge in [-0.05, 0) is 63.5 Å². The first-order valence-electron chi connectivity index (χ1n) is 7.45. The van der Waals surface area contributed by atoms with E-state index in [1.807, 2.05) is 24.3 Å². The van der Waals surface area contributed by atoms with Crippen molar-refractivity contribution in [3.05, 3.63) is 29.3 Å². The number of likely N-dealkylation sites (tertiary alicyclic amines) is 1. The molecular formula is C16H24ClNO. The summed E-state index contributed by atoms with van der Waals surface area (Å²) in [7, 11) is 0. The van der Waals surface area contributed by atoms with Gasteiger partial charge in [0.2, 0.25) is 0 Å². The fourth-order valence-electron chi connectivity index (χ4n) is 2.54. The molecule has 0 bridgehead atoms. The van der Waals surface area contributed by atoms with Crippen molar-refractivity contribution in [1.82, 2.24) is 4.90 Å². The van der Waals surface area contributed by atoms with Gasteiger partial charge in [-0.25, -0.2) is 0 Å². The molecule has 1 aliphatic rings.